The SMILES string of the molecule is C=CCN(c1ccc(Cl)cc1)S(=O)(=O)c1cc(C(=O)OCC(=O)NC2CCS(=O)(=O)C2)ccc1Cl. The Morgan fingerprint density at radius 2 is 1.86 bits per heavy atom. The van der Waals surface area contributed by atoms with Crippen molar-refractivity contribution in [3.8, 4) is 0 Å². The van der Waals surface area contributed by atoms with Crippen molar-refractivity contribution in [2.75, 3.05) is 29.0 Å². The normalized spacial score (nSPS) is 16.9. The van der Waals surface area contributed by atoms with Crippen LogP contribution in [0.5, 0.6) is 0 Å². The maximum Gasteiger partial charge on any atom is 0.338 e. The quantitative estimate of drug-likeness (QED) is 0.369. The number of hydrogen-bond acceptors (Lipinski definition) is 7. The van der Waals surface area contributed by atoms with Crippen molar-refractivity contribution in [1.82, 2.24) is 5.32 Å². The highest BCUT2D eigenvalue weighted by Crippen LogP contribution is 2.30. The maximum absolute atomic E-state index is 13.4. The van der Waals surface area contributed by atoms with Crippen LogP contribution in [0.1, 0.15) is 16.8 Å². The monoisotopic (exact) mass is 560 g/mol. The third kappa shape index (κ3) is 6.75. The van der Waals surface area contributed by atoms with E-state index in [2.05, 4.69) is 11.9 Å². The third-order valence-corrected chi connectivity index (χ3v) is 9.37. The number of esters is 1. The molecule has 1 fully saturated rings. The minimum absolute atomic E-state index is 0.0152. The van der Waals surface area contributed by atoms with Crippen LogP contribution in [-0.4, -0.2) is 59.4 Å². The van der Waals surface area contributed by atoms with Gasteiger partial charge >= 0.3 is 5.97 Å². The van der Waals surface area contributed by atoms with Crippen LogP contribution < -0.4 is 9.62 Å². The number of benzene rings is 2. The fourth-order valence-corrected chi connectivity index (χ4v) is 7.14. The number of amides is 1. The second kappa shape index (κ2) is 11.0. The number of carbonyl (C=O) groups is 2. The third-order valence-electron chi connectivity index (χ3n) is 5.08. The van der Waals surface area contributed by atoms with Gasteiger partial charge in [0.25, 0.3) is 15.9 Å². The first-order valence-electron chi connectivity index (χ1n) is 10.3. The van der Waals surface area contributed by atoms with Crippen molar-refractivity contribution in [2.45, 2.75) is 17.4 Å². The van der Waals surface area contributed by atoms with Gasteiger partial charge in [-0.05, 0) is 48.9 Å². The van der Waals surface area contributed by atoms with Crippen molar-refractivity contribution in [3.05, 3.63) is 70.7 Å². The molecule has 1 aliphatic heterocycles. The zero-order valence-electron chi connectivity index (χ0n) is 18.3. The van der Waals surface area contributed by atoms with Gasteiger partial charge in [-0.2, -0.15) is 0 Å². The first-order chi connectivity index (χ1) is 16.4. The van der Waals surface area contributed by atoms with E-state index in [0.29, 0.717) is 10.7 Å². The fraction of sp³-hybridized carbons (Fsp3) is 0.273. The lowest BCUT2D eigenvalue weighted by atomic mass is 10.2. The number of rotatable bonds is 9. The molecule has 35 heavy (non-hydrogen) atoms. The molecule has 1 heterocycles. The number of ether oxygens (including phenoxy) is 1. The molecule has 1 aliphatic rings. The molecule has 0 saturated carbocycles. The predicted molar refractivity (Wildman–Crippen MR) is 133 cm³/mol. The molecule has 2 aromatic carbocycles. The number of sulfonamides is 1. The minimum atomic E-state index is -4.23. The average molecular weight is 561 g/mol. The van der Waals surface area contributed by atoms with Gasteiger partial charge in [0.15, 0.2) is 16.4 Å². The number of nitrogens with one attached hydrogen (secondary N) is 1. The second-order valence-electron chi connectivity index (χ2n) is 7.69. The van der Waals surface area contributed by atoms with Crippen LogP contribution in [0, 0.1) is 0 Å². The Morgan fingerprint density at radius 3 is 2.46 bits per heavy atom. The highest BCUT2D eigenvalue weighted by molar-refractivity contribution is 7.93. The molecule has 1 saturated heterocycles. The van der Waals surface area contributed by atoms with Crippen LogP contribution in [0.2, 0.25) is 10.0 Å². The Labute approximate surface area is 213 Å². The van der Waals surface area contributed by atoms with Crippen LogP contribution in [-0.2, 0) is 29.4 Å². The van der Waals surface area contributed by atoms with Crippen molar-refractivity contribution < 1.29 is 31.2 Å². The molecule has 1 unspecified atom stereocenters. The maximum atomic E-state index is 13.4. The molecule has 0 bridgehead atoms. The summed E-state index contributed by atoms with van der Waals surface area (Å²) in [5.41, 5.74) is 0.169. The van der Waals surface area contributed by atoms with Gasteiger partial charge in [-0.1, -0.05) is 29.3 Å². The van der Waals surface area contributed by atoms with Gasteiger partial charge in [0.05, 0.1) is 34.3 Å². The largest absolute Gasteiger partial charge is 0.452 e. The molecular weight excluding hydrogens is 539 g/mol. The van der Waals surface area contributed by atoms with Crippen molar-refractivity contribution in [2.24, 2.45) is 0 Å². The standard InChI is InChI=1S/C22H22Cl2N2O7S2/c1-2-10-26(18-6-4-16(23)5-7-18)35(31,32)20-12-15(3-8-19(20)24)22(28)33-13-21(27)25-17-9-11-34(29,30)14-17/h2-8,12,17H,1,9-11,13-14H2,(H,25,27). The molecule has 9 nitrogen and oxygen atoms in total. The van der Waals surface area contributed by atoms with Crippen molar-refractivity contribution in [3.63, 3.8) is 0 Å². The van der Waals surface area contributed by atoms with E-state index in [9.17, 15) is 26.4 Å². The Kier molecular flexibility index (Phi) is 8.47. The van der Waals surface area contributed by atoms with Crippen molar-refractivity contribution in [1.29, 1.82) is 0 Å². The molecule has 188 valence electrons. The van der Waals surface area contributed by atoms with Gasteiger partial charge in [-0.15, -0.1) is 6.58 Å². The first kappa shape index (κ1) is 27.0. The molecule has 3 rings (SSSR count). The molecule has 1 atom stereocenters. The number of anilines is 1. The number of hydrogen-bond donors (Lipinski definition) is 1. The Hall–Kier alpha value is -2.60. The van der Waals surface area contributed by atoms with E-state index >= 15 is 0 Å². The summed E-state index contributed by atoms with van der Waals surface area (Å²) in [5.74, 6) is -1.80. The summed E-state index contributed by atoms with van der Waals surface area (Å²) in [4.78, 5) is 24.2. The Morgan fingerprint density at radius 1 is 1.17 bits per heavy atom. The molecule has 1 N–H and O–H groups in total. The van der Waals surface area contributed by atoms with E-state index in [1.54, 1.807) is 0 Å². The van der Waals surface area contributed by atoms with E-state index in [1.807, 2.05) is 0 Å². The summed E-state index contributed by atoms with van der Waals surface area (Å²) in [5, 5.41) is 2.80. The summed E-state index contributed by atoms with van der Waals surface area (Å²) >= 11 is 12.1. The van der Waals surface area contributed by atoms with E-state index in [0.717, 1.165) is 10.4 Å². The summed E-state index contributed by atoms with van der Waals surface area (Å²) < 4.78 is 55.8. The summed E-state index contributed by atoms with van der Waals surface area (Å²) in [6.07, 6.45) is 1.68. The van der Waals surface area contributed by atoms with E-state index in [4.69, 9.17) is 27.9 Å². The topological polar surface area (TPSA) is 127 Å². The lowest BCUT2D eigenvalue weighted by Crippen LogP contribution is -2.38. The molecule has 0 aliphatic carbocycles. The number of halogens is 2. The van der Waals surface area contributed by atoms with E-state index in [-0.39, 0.29) is 40.0 Å². The highest BCUT2D eigenvalue weighted by Gasteiger charge is 2.30. The van der Waals surface area contributed by atoms with Gasteiger partial charge in [0, 0.05) is 11.1 Å². The number of nitrogens with zero attached hydrogens (tertiary/aromatic N) is 1. The Balaban J connectivity index is 1.76. The van der Waals surface area contributed by atoms with Crippen LogP contribution in [0.15, 0.2) is 60.0 Å². The van der Waals surface area contributed by atoms with Gasteiger partial charge in [-0.25, -0.2) is 21.6 Å². The lowest BCUT2D eigenvalue weighted by molar-refractivity contribution is -0.124. The number of carbonyl (C=O) groups excluding carboxylic acids is 2. The summed E-state index contributed by atoms with van der Waals surface area (Å²) in [6.45, 7) is 2.86. The van der Waals surface area contributed by atoms with Crippen molar-refractivity contribution >= 4 is 60.6 Å². The second-order valence-corrected chi connectivity index (χ2v) is 12.6. The van der Waals surface area contributed by atoms with Crippen LogP contribution in [0.25, 0.3) is 0 Å². The molecule has 1 amide bonds. The zero-order valence-corrected chi connectivity index (χ0v) is 21.5. The molecule has 0 spiro atoms. The van der Waals surface area contributed by atoms with Crippen LogP contribution in [0.3, 0.4) is 0 Å². The van der Waals surface area contributed by atoms with Gasteiger partial charge in [0.2, 0.25) is 0 Å². The van der Waals surface area contributed by atoms with Gasteiger partial charge < -0.3 is 10.1 Å². The lowest BCUT2D eigenvalue weighted by Gasteiger charge is -2.24. The fourth-order valence-electron chi connectivity index (χ4n) is 3.41. The molecule has 13 heteroatoms. The van der Waals surface area contributed by atoms with Crippen LogP contribution in [0.4, 0.5) is 5.69 Å². The number of sulfone groups is 1. The first-order valence-corrected chi connectivity index (χ1v) is 14.3. The molecule has 0 aromatic heterocycles. The van der Waals surface area contributed by atoms with E-state index < -0.39 is 44.4 Å². The summed E-state index contributed by atoms with van der Waals surface area (Å²) in [7, 11) is -7.41. The van der Waals surface area contributed by atoms with E-state index in [1.165, 1.54) is 42.5 Å². The Bertz CT molecular complexity index is 1340. The summed E-state index contributed by atoms with van der Waals surface area (Å²) in [6, 6.07) is 9.13. The average Bonchev–Trinajstić information content (AvgIpc) is 3.14. The van der Waals surface area contributed by atoms with Gasteiger partial charge in [-0.3, -0.25) is 9.10 Å². The van der Waals surface area contributed by atoms with Crippen LogP contribution >= 0.6 is 23.2 Å². The van der Waals surface area contributed by atoms with Gasteiger partial charge in [0.1, 0.15) is 4.90 Å². The minimum Gasteiger partial charge on any atom is -0.452 e. The molecular formula is C22H22Cl2N2O7S2. The highest BCUT2D eigenvalue weighted by atomic mass is 35.5. The molecule has 2 aromatic rings. The predicted octanol–water partition coefficient (Wildman–Crippen LogP) is 2.83. The smallest absolute Gasteiger partial charge is 0.338 e. The zero-order chi connectivity index (χ0) is 25.8. The molecule has 0 radical (unpaired) electrons.